The fraction of sp³-hybridized carbons (Fsp3) is 0.158. The lowest BCUT2D eigenvalue weighted by Crippen LogP contribution is -2.24. The van der Waals surface area contributed by atoms with Crippen LogP contribution in [0.5, 0.6) is 5.75 Å². The number of fused-ring (bicyclic) bond motifs is 1. The fourth-order valence-corrected chi connectivity index (χ4v) is 2.55. The number of ether oxygens (including phenoxy) is 1. The molecule has 0 radical (unpaired) electrons. The number of para-hydroxylation sites is 1. The van der Waals surface area contributed by atoms with Gasteiger partial charge in [-0.25, -0.2) is 9.82 Å². The molecule has 5 nitrogen and oxygen atoms in total. The summed E-state index contributed by atoms with van der Waals surface area (Å²) in [4.78, 5) is 15.0. The smallest absolute Gasteiger partial charge is 0.277 e. The van der Waals surface area contributed by atoms with Crippen LogP contribution >= 0.6 is 0 Å². The molecule has 0 saturated heterocycles. The Morgan fingerprint density at radius 2 is 2.16 bits per heavy atom. The van der Waals surface area contributed by atoms with Gasteiger partial charge in [0.15, 0.2) is 6.61 Å². The number of amides is 1. The molecule has 128 valence electrons. The van der Waals surface area contributed by atoms with E-state index in [1.54, 1.807) is 12.3 Å². The van der Waals surface area contributed by atoms with Crippen LogP contribution in [0.4, 0.5) is 4.39 Å². The second-order valence-corrected chi connectivity index (χ2v) is 5.48. The molecule has 1 heterocycles. The number of carbonyl (C=O) groups is 1. The Labute approximate surface area is 144 Å². The number of hydrogen-bond donors (Lipinski definition) is 2. The van der Waals surface area contributed by atoms with E-state index >= 15 is 0 Å². The van der Waals surface area contributed by atoms with Gasteiger partial charge in [-0.1, -0.05) is 31.2 Å². The number of hydrogen-bond acceptors (Lipinski definition) is 3. The van der Waals surface area contributed by atoms with Crippen molar-refractivity contribution < 1.29 is 13.9 Å². The molecular formula is C19H18FN3O2. The Kier molecular flexibility index (Phi) is 5.09. The zero-order valence-corrected chi connectivity index (χ0v) is 13.8. The van der Waals surface area contributed by atoms with Gasteiger partial charge in [-0.05, 0) is 24.1 Å². The van der Waals surface area contributed by atoms with Gasteiger partial charge in [0.2, 0.25) is 0 Å². The van der Waals surface area contributed by atoms with E-state index in [4.69, 9.17) is 4.74 Å². The first-order chi connectivity index (χ1) is 12.2. The number of benzene rings is 2. The third-order valence-electron chi connectivity index (χ3n) is 3.77. The van der Waals surface area contributed by atoms with E-state index in [0.29, 0.717) is 5.75 Å². The number of H-pyrrole nitrogens is 1. The molecule has 0 fully saturated rings. The topological polar surface area (TPSA) is 66.5 Å². The summed E-state index contributed by atoms with van der Waals surface area (Å²) >= 11 is 0. The molecule has 0 atom stereocenters. The minimum absolute atomic E-state index is 0.241. The van der Waals surface area contributed by atoms with Crippen molar-refractivity contribution in [1.82, 2.24) is 10.4 Å². The van der Waals surface area contributed by atoms with Gasteiger partial charge in [-0.15, -0.1) is 0 Å². The van der Waals surface area contributed by atoms with Crippen LogP contribution in [-0.4, -0.2) is 23.7 Å². The summed E-state index contributed by atoms with van der Waals surface area (Å²) in [6.07, 6.45) is 4.36. The predicted molar refractivity (Wildman–Crippen MR) is 95.3 cm³/mol. The van der Waals surface area contributed by atoms with Crippen molar-refractivity contribution in [1.29, 1.82) is 0 Å². The Balaban J connectivity index is 1.59. The summed E-state index contributed by atoms with van der Waals surface area (Å²) in [6.45, 7) is 1.86. The molecule has 6 heteroatoms. The highest BCUT2D eigenvalue weighted by Gasteiger charge is 2.05. The lowest BCUT2D eigenvalue weighted by atomic mass is 10.1. The summed E-state index contributed by atoms with van der Waals surface area (Å²) in [5.74, 6) is -0.542. The fourth-order valence-electron chi connectivity index (χ4n) is 2.55. The molecule has 0 saturated carbocycles. The van der Waals surface area contributed by atoms with Gasteiger partial charge in [-0.3, -0.25) is 4.79 Å². The molecule has 2 N–H and O–H groups in total. The van der Waals surface area contributed by atoms with Crippen molar-refractivity contribution in [2.75, 3.05) is 6.61 Å². The van der Waals surface area contributed by atoms with E-state index in [-0.39, 0.29) is 6.61 Å². The van der Waals surface area contributed by atoms with Crippen molar-refractivity contribution in [2.45, 2.75) is 13.3 Å². The highest BCUT2D eigenvalue weighted by Crippen LogP contribution is 2.20. The van der Waals surface area contributed by atoms with Gasteiger partial charge in [0, 0.05) is 28.7 Å². The molecule has 0 aliphatic heterocycles. The quantitative estimate of drug-likeness (QED) is 0.534. The average molecular weight is 339 g/mol. The maximum absolute atomic E-state index is 13.0. The number of nitrogens with zero attached hydrogens (tertiary/aromatic N) is 1. The minimum atomic E-state index is -0.422. The molecule has 25 heavy (non-hydrogen) atoms. The monoisotopic (exact) mass is 339 g/mol. The van der Waals surface area contributed by atoms with Gasteiger partial charge in [0.25, 0.3) is 5.91 Å². The van der Waals surface area contributed by atoms with Crippen LogP contribution < -0.4 is 10.2 Å². The van der Waals surface area contributed by atoms with Crippen molar-refractivity contribution in [3.05, 3.63) is 65.6 Å². The molecule has 0 spiro atoms. The van der Waals surface area contributed by atoms with Crippen molar-refractivity contribution in [2.24, 2.45) is 5.10 Å². The molecule has 1 aromatic heterocycles. The van der Waals surface area contributed by atoms with Crippen LogP contribution in [0, 0.1) is 5.82 Å². The van der Waals surface area contributed by atoms with Gasteiger partial charge in [0.1, 0.15) is 11.6 Å². The largest absolute Gasteiger partial charge is 0.484 e. The Morgan fingerprint density at radius 3 is 2.96 bits per heavy atom. The summed E-state index contributed by atoms with van der Waals surface area (Å²) in [6, 6.07) is 11.7. The normalized spacial score (nSPS) is 11.1. The van der Waals surface area contributed by atoms with E-state index in [1.165, 1.54) is 23.8 Å². The first kappa shape index (κ1) is 16.7. The van der Waals surface area contributed by atoms with E-state index in [9.17, 15) is 9.18 Å². The van der Waals surface area contributed by atoms with Crippen molar-refractivity contribution in [3.63, 3.8) is 0 Å². The summed E-state index contributed by atoms with van der Waals surface area (Å²) < 4.78 is 18.2. The third kappa shape index (κ3) is 4.03. The van der Waals surface area contributed by atoms with Crippen LogP contribution in [0.2, 0.25) is 0 Å². The molecule has 0 aliphatic carbocycles. The van der Waals surface area contributed by atoms with Crippen molar-refractivity contribution >= 4 is 23.0 Å². The highest BCUT2D eigenvalue weighted by atomic mass is 19.1. The summed E-state index contributed by atoms with van der Waals surface area (Å²) in [5, 5.41) is 5.00. The second-order valence-electron chi connectivity index (χ2n) is 5.48. The van der Waals surface area contributed by atoms with Crippen LogP contribution in [-0.2, 0) is 11.2 Å². The van der Waals surface area contributed by atoms with E-state index in [2.05, 4.69) is 28.5 Å². The number of carbonyl (C=O) groups excluding carboxylic acids is 1. The van der Waals surface area contributed by atoms with Crippen LogP contribution in [0.25, 0.3) is 10.9 Å². The third-order valence-corrected chi connectivity index (χ3v) is 3.77. The number of aromatic nitrogens is 1. The molecule has 2 aromatic carbocycles. The lowest BCUT2D eigenvalue weighted by Gasteiger charge is -2.04. The van der Waals surface area contributed by atoms with E-state index < -0.39 is 11.7 Å². The highest BCUT2D eigenvalue weighted by molar-refractivity contribution is 6.00. The second kappa shape index (κ2) is 7.61. The number of aromatic amines is 1. The zero-order chi connectivity index (χ0) is 17.6. The average Bonchev–Trinajstić information content (AvgIpc) is 3.03. The Bertz CT molecular complexity index is 918. The number of rotatable bonds is 6. The number of halogens is 1. The first-order valence-corrected chi connectivity index (χ1v) is 7.96. The van der Waals surface area contributed by atoms with Gasteiger partial charge < -0.3 is 9.72 Å². The molecule has 0 aliphatic rings. The predicted octanol–water partition coefficient (Wildman–Crippen LogP) is 3.40. The van der Waals surface area contributed by atoms with E-state index in [0.717, 1.165) is 22.9 Å². The SMILES string of the molecule is CCc1cccc2c(/C=N/NC(=O)COc3cccc(F)c3)c[nH]c12. The number of nitrogens with one attached hydrogen (secondary N) is 2. The molecule has 3 rings (SSSR count). The molecule has 0 bridgehead atoms. The van der Waals surface area contributed by atoms with Gasteiger partial charge in [0.05, 0.1) is 6.21 Å². The number of aryl methyl sites for hydroxylation is 1. The Morgan fingerprint density at radius 1 is 1.32 bits per heavy atom. The molecular weight excluding hydrogens is 321 g/mol. The van der Waals surface area contributed by atoms with Crippen LogP contribution in [0.15, 0.2) is 53.8 Å². The number of hydrazone groups is 1. The maximum atomic E-state index is 13.0. The first-order valence-electron chi connectivity index (χ1n) is 7.96. The Hall–Kier alpha value is -3.15. The van der Waals surface area contributed by atoms with Gasteiger partial charge in [-0.2, -0.15) is 5.10 Å². The standard InChI is InChI=1S/C19H18FN3O2/c1-2-13-5-3-8-17-14(10-21-19(13)17)11-22-23-18(24)12-25-16-7-4-6-15(20)9-16/h3-11,21H,2,12H2,1H3,(H,23,24)/b22-11+. The molecule has 0 unspecified atom stereocenters. The lowest BCUT2D eigenvalue weighted by molar-refractivity contribution is -0.123. The summed E-state index contributed by atoms with van der Waals surface area (Å²) in [5.41, 5.74) is 5.59. The zero-order valence-electron chi connectivity index (χ0n) is 13.8. The van der Waals surface area contributed by atoms with Crippen LogP contribution in [0.1, 0.15) is 18.1 Å². The van der Waals surface area contributed by atoms with Gasteiger partial charge >= 0.3 is 0 Å². The maximum Gasteiger partial charge on any atom is 0.277 e. The van der Waals surface area contributed by atoms with E-state index in [1.807, 2.05) is 18.3 Å². The molecule has 1 amide bonds. The van der Waals surface area contributed by atoms with Crippen LogP contribution in [0.3, 0.4) is 0 Å². The molecule has 3 aromatic rings. The summed E-state index contributed by atoms with van der Waals surface area (Å²) in [7, 11) is 0. The van der Waals surface area contributed by atoms with Crippen molar-refractivity contribution in [3.8, 4) is 5.75 Å². The minimum Gasteiger partial charge on any atom is -0.484 e.